The average Bonchev–Trinajstić information content (AvgIpc) is 3.89. The van der Waals surface area contributed by atoms with Crippen LogP contribution in [0, 0.1) is 11.7 Å². The first-order valence-corrected chi connectivity index (χ1v) is 22.4. The Morgan fingerprint density at radius 1 is 0.523 bits per heavy atom. The number of rotatable bonds is 9. The van der Waals surface area contributed by atoms with Crippen LogP contribution in [0.15, 0.2) is 212 Å². The molecular weight excluding hydrogens is 793 g/mol. The zero-order valence-electron chi connectivity index (χ0n) is 37.0. The Morgan fingerprint density at radius 2 is 1.15 bits per heavy atom. The fraction of sp³-hybridized carbons (Fsp3) is 0.100. The lowest BCUT2D eigenvalue weighted by molar-refractivity contribution is -0.571. The molecule has 65 heavy (non-hydrogen) atoms. The minimum Gasteiger partial charge on any atom is -0.458 e. The predicted octanol–water partition coefficient (Wildman–Crippen LogP) is 15.1. The van der Waals surface area contributed by atoms with E-state index in [4.69, 9.17) is 9.72 Å². The van der Waals surface area contributed by atoms with Gasteiger partial charge in [-0.05, 0) is 105 Å². The molecule has 0 aliphatic heterocycles. The van der Waals surface area contributed by atoms with E-state index >= 15 is 0 Å². The van der Waals surface area contributed by atoms with E-state index in [1.54, 1.807) is 0 Å². The summed E-state index contributed by atoms with van der Waals surface area (Å²) in [4.78, 5) is 4.94. The molecule has 0 N–H and O–H groups in total. The Morgan fingerprint density at radius 3 is 1.86 bits per heavy atom. The van der Waals surface area contributed by atoms with E-state index in [9.17, 15) is 0 Å². The molecule has 314 valence electrons. The number of nitrogens with zero attached hydrogens (tertiary/aromatic N) is 4. The number of benzene rings is 8. The van der Waals surface area contributed by atoms with Crippen molar-refractivity contribution in [2.24, 2.45) is 5.41 Å². The maximum atomic E-state index is 6.82. The van der Waals surface area contributed by atoms with Crippen LogP contribution < -0.4 is 9.30 Å². The fourth-order valence-electron chi connectivity index (χ4n) is 9.17. The predicted molar refractivity (Wildman–Crippen MR) is 266 cm³/mol. The van der Waals surface area contributed by atoms with Gasteiger partial charge < -0.3 is 4.74 Å². The molecule has 0 radical (unpaired) electrons. The minimum atomic E-state index is 0.113. The molecule has 5 nitrogen and oxygen atoms in total. The summed E-state index contributed by atoms with van der Waals surface area (Å²) in [6, 6.07) is 72.8. The molecule has 3 heterocycles. The van der Waals surface area contributed by atoms with Gasteiger partial charge in [0.1, 0.15) is 17.3 Å². The quantitative estimate of drug-likeness (QED) is 0.107. The van der Waals surface area contributed by atoms with Crippen molar-refractivity contribution in [2.75, 3.05) is 0 Å². The second-order valence-electron chi connectivity index (χ2n) is 17.9. The zero-order chi connectivity index (χ0) is 44.1. The van der Waals surface area contributed by atoms with Crippen molar-refractivity contribution in [2.45, 2.75) is 33.6 Å². The van der Waals surface area contributed by atoms with Crippen LogP contribution in [0.25, 0.3) is 83.4 Å². The summed E-state index contributed by atoms with van der Waals surface area (Å²) in [5, 5.41) is 2.32. The summed E-state index contributed by atoms with van der Waals surface area (Å²) < 4.78 is 13.5. The van der Waals surface area contributed by atoms with Crippen molar-refractivity contribution in [3.63, 3.8) is 0 Å². The van der Waals surface area contributed by atoms with Crippen LogP contribution in [0.5, 0.6) is 11.5 Å². The molecule has 3 aromatic heterocycles. The minimum absolute atomic E-state index is 0.113. The molecule has 0 aliphatic carbocycles. The summed E-state index contributed by atoms with van der Waals surface area (Å²) >= 11 is 0. The summed E-state index contributed by atoms with van der Waals surface area (Å²) in [5.41, 5.74) is 14.4. The summed E-state index contributed by atoms with van der Waals surface area (Å²) in [7, 11) is 0. The zero-order valence-corrected chi connectivity index (χ0v) is 37.0. The van der Waals surface area contributed by atoms with Gasteiger partial charge in [0.2, 0.25) is 0 Å². The lowest BCUT2D eigenvalue weighted by Crippen LogP contribution is -2.31. The molecule has 0 spiro atoms. The van der Waals surface area contributed by atoms with Gasteiger partial charge in [-0.2, -0.15) is 0 Å². The van der Waals surface area contributed by atoms with Crippen LogP contribution >= 0.6 is 0 Å². The number of pyridine rings is 1. The van der Waals surface area contributed by atoms with Gasteiger partial charge in [0.25, 0.3) is 6.33 Å². The second kappa shape index (κ2) is 16.3. The third-order valence-electron chi connectivity index (χ3n) is 12.9. The Labute approximate surface area is 380 Å². The SMILES string of the molecule is CC(c1ccnc(-n2c3ccccc3c3ccc(Oc4cccc(-n5[c-][n+](-c6c(-c7ccccc7)cccc6-c6ccccc6)c6ccc(-c7ccccc7)cc65)c4)cc32)c1)C(C)(C)C. The molecule has 11 rings (SSSR count). The van der Waals surface area contributed by atoms with Crippen molar-refractivity contribution in [3.8, 4) is 62.1 Å². The highest BCUT2D eigenvalue weighted by atomic mass is 16.5. The molecular formula is C60H48N4O. The molecule has 0 amide bonds. The van der Waals surface area contributed by atoms with Crippen molar-refractivity contribution in [3.05, 3.63) is 224 Å². The Hall–Kier alpha value is -8.02. The number of hydrogen-bond acceptors (Lipinski definition) is 2. The molecule has 0 bridgehead atoms. The largest absolute Gasteiger partial charge is 0.458 e. The highest BCUT2D eigenvalue weighted by Gasteiger charge is 2.24. The Bertz CT molecular complexity index is 3450. The van der Waals surface area contributed by atoms with E-state index < -0.39 is 0 Å². The normalized spacial score (nSPS) is 12.2. The van der Waals surface area contributed by atoms with Gasteiger partial charge in [-0.25, -0.2) is 4.98 Å². The van der Waals surface area contributed by atoms with E-state index in [1.807, 2.05) is 12.3 Å². The molecule has 11 aromatic rings. The van der Waals surface area contributed by atoms with Crippen LogP contribution in [0.1, 0.15) is 39.2 Å². The van der Waals surface area contributed by atoms with Crippen LogP contribution in [0.3, 0.4) is 0 Å². The maximum absolute atomic E-state index is 6.82. The van der Waals surface area contributed by atoms with Crippen LogP contribution in [-0.4, -0.2) is 14.1 Å². The Kier molecular flexibility index (Phi) is 9.96. The number of hydrogen-bond donors (Lipinski definition) is 0. The van der Waals surface area contributed by atoms with Gasteiger partial charge in [-0.15, -0.1) is 0 Å². The molecule has 0 saturated heterocycles. The molecule has 5 heteroatoms. The summed E-state index contributed by atoms with van der Waals surface area (Å²) in [6.07, 6.45) is 5.81. The van der Waals surface area contributed by atoms with E-state index in [1.165, 1.54) is 10.9 Å². The van der Waals surface area contributed by atoms with E-state index in [0.717, 1.165) is 89.5 Å². The molecule has 0 fully saturated rings. The monoisotopic (exact) mass is 840 g/mol. The smallest absolute Gasteiger partial charge is 0.269 e. The van der Waals surface area contributed by atoms with Crippen molar-refractivity contribution in [1.82, 2.24) is 14.1 Å². The first kappa shape index (κ1) is 39.8. The topological polar surface area (TPSA) is 35.9 Å². The number of fused-ring (bicyclic) bond motifs is 4. The number of ether oxygens (including phenoxy) is 1. The first-order chi connectivity index (χ1) is 31.8. The average molecular weight is 841 g/mol. The number of aromatic nitrogens is 4. The molecule has 1 atom stereocenters. The van der Waals surface area contributed by atoms with Crippen LogP contribution in [-0.2, 0) is 0 Å². The summed E-state index contributed by atoms with van der Waals surface area (Å²) in [6.45, 7) is 9.17. The number of imidazole rings is 1. The van der Waals surface area contributed by atoms with Gasteiger partial charge in [-0.3, -0.25) is 13.7 Å². The van der Waals surface area contributed by atoms with E-state index in [2.05, 4.69) is 248 Å². The van der Waals surface area contributed by atoms with Crippen LogP contribution in [0.4, 0.5) is 0 Å². The van der Waals surface area contributed by atoms with Gasteiger partial charge in [0.05, 0.1) is 33.4 Å². The second-order valence-corrected chi connectivity index (χ2v) is 17.9. The third kappa shape index (κ3) is 7.35. The highest BCUT2D eigenvalue weighted by Crippen LogP contribution is 2.39. The lowest BCUT2D eigenvalue weighted by Gasteiger charge is -2.27. The fourth-order valence-corrected chi connectivity index (χ4v) is 9.17. The maximum Gasteiger partial charge on any atom is 0.269 e. The third-order valence-corrected chi connectivity index (χ3v) is 12.9. The first-order valence-electron chi connectivity index (χ1n) is 22.4. The van der Waals surface area contributed by atoms with E-state index in [-0.39, 0.29) is 5.41 Å². The molecule has 8 aromatic carbocycles. The van der Waals surface area contributed by atoms with Gasteiger partial charge in [-0.1, -0.05) is 173 Å². The van der Waals surface area contributed by atoms with Gasteiger partial charge >= 0.3 is 0 Å². The molecule has 1 unspecified atom stereocenters. The molecule has 0 aliphatic rings. The van der Waals surface area contributed by atoms with Gasteiger partial charge in [0, 0.05) is 23.0 Å². The Balaban J connectivity index is 1.05. The standard InChI is InChI=1S/C60H48N4O/c1-41(60(2,3)4)45-34-35-61-58(37-45)64-54-29-15-14-26-52(54)53-32-31-49(39-56(53)64)65-48-25-16-24-47(38-48)62-40-63(55-33-30-46(36-57(55)62)42-18-8-5-9-19-42)59-50(43-20-10-6-11-21-43)27-17-28-51(59)44-22-12-7-13-23-44/h5-39,41H,1-4H3. The van der Waals surface area contributed by atoms with Crippen molar-refractivity contribution < 1.29 is 9.30 Å². The highest BCUT2D eigenvalue weighted by molar-refractivity contribution is 6.09. The van der Waals surface area contributed by atoms with Gasteiger partial charge in [0.15, 0.2) is 0 Å². The van der Waals surface area contributed by atoms with E-state index in [0.29, 0.717) is 5.92 Å². The van der Waals surface area contributed by atoms with Crippen LogP contribution in [0.2, 0.25) is 0 Å². The molecule has 0 saturated carbocycles. The number of para-hydroxylation sites is 2. The van der Waals surface area contributed by atoms with Crippen molar-refractivity contribution in [1.29, 1.82) is 0 Å². The lowest BCUT2D eigenvalue weighted by atomic mass is 9.78. The summed E-state index contributed by atoms with van der Waals surface area (Å²) in [5.74, 6) is 2.71. The van der Waals surface area contributed by atoms with Crippen molar-refractivity contribution >= 4 is 32.8 Å².